The molecular formula is C19H22N2O3. The van der Waals surface area contributed by atoms with E-state index in [1.54, 1.807) is 0 Å². The average molecular weight is 326 g/mol. The lowest BCUT2D eigenvalue weighted by atomic mass is 9.98. The second-order valence-electron chi connectivity index (χ2n) is 5.65. The smallest absolute Gasteiger partial charge is 0.407 e. The third kappa shape index (κ3) is 3.58. The second kappa shape index (κ2) is 7.95. The monoisotopic (exact) mass is 326 g/mol. The molecule has 0 radical (unpaired) electrons. The van der Waals surface area contributed by atoms with Crippen LogP contribution in [0.2, 0.25) is 0 Å². The maximum absolute atomic E-state index is 11.8. The van der Waals surface area contributed by atoms with Crippen molar-refractivity contribution in [1.29, 1.82) is 0 Å². The molecule has 5 nitrogen and oxygen atoms in total. The van der Waals surface area contributed by atoms with Crippen molar-refractivity contribution in [2.75, 3.05) is 32.9 Å². The molecule has 3 N–H and O–H groups in total. The summed E-state index contributed by atoms with van der Waals surface area (Å²) in [5.74, 6) is 0.0802. The number of amides is 1. The van der Waals surface area contributed by atoms with Crippen molar-refractivity contribution >= 4 is 6.09 Å². The number of fused-ring (bicyclic) bond motifs is 3. The van der Waals surface area contributed by atoms with Gasteiger partial charge in [-0.2, -0.15) is 0 Å². The van der Waals surface area contributed by atoms with E-state index in [4.69, 9.17) is 15.2 Å². The second-order valence-corrected chi connectivity index (χ2v) is 5.65. The maximum atomic E-state index is 11.8. The quantitative estimate of drug-likeness (QED) is 0.767. The molecule has 1 aliphatic carbocycles. The summed E-state index contributed by atoms with van der Waals surface area (Å²) in [5.41, 5.74) is 10.2. The topological polar surface area (TPSA) is 73.6 Å². The predicted octanol–water partition coefficient (Wildman–Crippen LogP) is 2.50. The number of hydrogen-bond donors (Lipinski definition) is 2. The third-order valence-corrected chi connectivity index (χ3v) is 4.12. The summed E-state index contributed by atoms with van der Waals surface area (Å²) in [5, 5.41) is 2.69. The Kier molecular flexibility index (Phi) is 5.46. The lowest BCUT2D eigenvalue weighted by Crippen LogP contribution is -2.29. The minimum Gasteiger partial charge on any atom is -0.449 e. The standard InChI is InChI=1S/C19H22N2O3/c20-9-11-23-12-10-21-19(22)24-13-18-16-7-3-1-5-14(16)15-6-2-4-8-17(15)18/h1-8,18H,9-13,20H2,(H,21,22). The number of carbonyl (C=O) groups is 1. The summed E-state index contributed by atoms with van der Waals surface area (Å²) in [6.45, 7) is 2.14. The minimum atomic E-state index is -0.423. The van der Waals surface area contributed by atoms with Crippen LogP contribution in [-0.2, 0) is 9.47 Å². The van der Waals surface area contributed by atoms with Gasteiger partial charge in [-0.05, 0) is 22.3 Å². The number of nitrogens with one attached hydrogen (secondary N) is 1. The Bertz CT molecular complexity index is 657. The van der Waals surface area contributed by atoms with Crippen molar-refractivity contribution in [3.05, 3.63) is 59.7 Å². The van der Waals surface area contributed by atoms with Crippen molar-refractivity contribution in [2.24, 2.45) is 5.73 Å². The lowest BCUT2D eigenvalue weighted by molar-refractivity contribution is 0.124. The molecule has 0 fully saturated rings. The molecule has 3 rings (SSSR count). The molecule has 1 amide bonds. The first-order chi connectivity index (χ1) is 11.8. The number of carbonyl (C=O) groups excluding carboxylic acids is 1. The van der Waals surface area contributed by atoms with E-state index >= 15 is 0 Å². The van der Waals surface area contributed by atoms with Gasteiger partial charge in [-0.25, -0.2) is 4.79 Å². The number of alkyl carbamates (subject to hydrolysis) is 1. The van der Waals surface area contributed by atoms with Crippen molar-refractivity contribution in [3.8, 4) is 11.1 Å². The van der Waals surface area contributed by atoms with Crippen LogP contribution in [0.4, 0.5) is 4.79 Å². The van der Waals surface area contributed by atoms with Crippen LogP contribution in [0, 0.1) is 0 Å². The summed E-state index contributed by atoms with van der Waals surface area (Å²) in [6, 6.07) is 16.5. The minimum absolute atomic E-state index is 0.0802. The van der Waals surface area contributed by atoms with E-state index < -0.39 is 6.09 Å². The van der Waals surface area contributed by atoms with E-state index in [0.717, 1.165) is 0 Å². The molecule has 1 aliphatic rings. The summed E-state index contributed by atoms with van der Waals surface area (Å²) < 4.78 is 10.6. The molecule has 0 aliphatic heterocycles. The maximum Gasteiger partial charge on any atom is 0.407 e. The first-order valence-corrected chi connectivity index (χ1v) is 8.18. The summed E-state index contributed by atoms with van der Waals surface area (Å²) in [4.78, 5) is 11.8. The molecule has 0 saturated carbocycles. The molecule has 0 spiro atoms. The Morgan fingerprint density at radius 1 is 1.00 bits per heavy atom. The fourth-order valence-corrected chi connectivity index (χ4v) is 3.06. The van der Waals surface area contributed by atoms with E-state index in [9.17, 15) is 4.79 Å². The normalized spacial score (nSPS) is 12.5. The summed E-state index contributed by atoms with van der Waals surface area (Å²) >= 11 is 0. The Labute approximate surface area is 141 Å². The van der Waals surface area contributed by atoms with E-state index in [2.05, 4.69) is 29.6 Å². The van der Waals surface area contributed by atoms with E-state index in [0.29, 0.717) is 32.9 Å². The molecule has 5 heteroatoms. The Hall–Kier alpha value is -2.37. The van der Waals surface area contributed by atoms with Gasteiger partial charge in [0.2, 0.25) is 0 Å². The molecule has 0 bridgehead atoms. The van der Waals surface area contributed by atoms with Crippen LogP contribution in [0.3, 0.4) is 0 Å². The zero-order valence-electron chi connectivity index (χ0n) is 13.5. The number of hydrogen-bond acceptors (Lipinski definition) is 4. The van der Waals surface area contributed by atoms with Gasteiger partial charge in [0.25, 0.3) is 0 Å². The van der Waals surface area contributed by atoms with Crippen molar-refractivity contribution in [3.63, 3.8) is 0 Å². The SMILES string of the molecule is NCCOCCNC(=O)OCC1c2ccccc2-c2ccccc21. The van der Waals surface area contributed by atoms with Crippen LogP contribution >= 0.6 is 0 Å². The highest BCUT2D eigenvalue weighted by molar-refractivity contribution is 5.79. The molecule has 2 aromatic rings. The van der Waals surface area contributed by atoms with Gasteiger partial charge < -0.3 is 20.5 Å². The van der Waals surface area contributed by atoms with Gasteiger partial charge in [0.05, 0.1) is 13.2 Å². The predicted molar refractivity (Wildman–Crippen MR) is 92.9 cm³/mol. The lowest BCUT2D eigenvalue weighted by Gasteiger charge is -2.14. The highest BCUT2D eigenvalue weighted by Crippen LogP contribution is 2.44. The first-order valence-electron chi connectivity index (χ1n) is 8.18. The van der Waals surface area contributed by atoms with Crippen LogP contribution in [-0.4, -0.2) is 39.0 Å². The molecule has 24 heavy (non-hydrogen) atoms. The first kappa shape index (κ1) is 16.5. The molecular weight excluding hydrogens is 304 g/mol. The summed E-state index contributed by atoms with van der Waals surface area (Å²) in [7, 11) is 0. The Morgan fingerprint density at radius 2 is 1.62 bits per heavy atom. The zero-order chi connectivity index (χ0) is 16.8. The summed E-state index contributed by atoms with van der Waals surface area (Å²) in [6.07, 6.45) is -0.423. The number of rotatable bonds is 7. The Balaban J connectivity index is 1.58. The van der Waals surface area contributed by atoms with Gasteiger partial charge in [0, 0.05) is 19.0 Å². The van der Waals surface area contributed by atoms with E-state index in [1.165, 1.54) is 22.3 Å². The molecule has 0 saturated heterocycles. The fourth-order valence-electron chi connectivity index (χ4n) is 3.06. The van der Waals surface area contributed by atoms with Gasteiger partial charge in [0.15, 0.2) is 0 Å². The number of ether oxygens (including phenoxy) is 2. The molecule has 0 atom stereocenters. The zero-order valence-corrected chi connectivity index (χ0v) is 13.5. The van der Waals surface area contributed by atoms with Gasteiger partial charge in [-0.3, -0.25) is 0 Å². The van der Waals surface area contributed by atoms with Gasteiger partial charge in [0.1, 0.15) is 6.61 Å². The molecule has 0 aromatic heterocycles. The van der Waals surface area contributed by atoms with Crippen LogP contribution in [0.25, 0.3) is 11.1 Å². The van der Waals surface area contributed by atoms with Crippen LogP contribution in [0.1, 0.15) is 17.0 Å². The molecule has 126 valence electrons. The van der Waals surface area contributed by atoms with E-state index in [-0.39, 0.29) is 5.92 Å². The molecule has 0 heterocycles. The van der Waals surface area contributed by atoms with Gasteiger partial charge in [-0.1, -0.05) is 48.5 Å². The highest BCUT2D eigenvalue weighted by atomic mass is 16.5. The third-order valence-electron chi connectivity index (χ3n) is 4.12. The molecule has 2 aromatic carbocycles. The Morgan fingerprint density at radius 3 is 2.25 bits per heavy atom. The molecule has 0 unspecified atom stereocenters. The fraction of sp³-hybridized carbons (Fsp3) is 0.316. The number of benzene rings is 2. The van der Waals surface area contributed by atoms with Crippen LogP contribution in [0.5, 0.6) is 0 Å². The van der Waals surface area contributed by atoms with Crippen LogP contribution in [0.15, 0.2) is 48.5 Å². The average Bonchev–Trinajstić information content (AvgIpc) is 2.94. The van der Waals surface area contributed by atoms with E-state index in [1.807, 2.05) is 24.3 Å². The largest absolute Gasteiger partial charge is 0.449 e. The van der Waals surface area contributed by atoms with Crippen molar-refractivity contribution in [1.82, 2.24) is 5.32 Å². The van der Waals surface area contributed by atoms with Crippen molar-refractivity contribution < 1.29 is 14.3 Å². The van der Waals surface area contributed by atoms with Crippen molar-refractivity contribution in [2.45, 2.75) is 5.92 Å². The van der Waals surface area contributed by atoms with Crippen LogP contribution < -0.4 is 11.1 Å². The van der Waals surface area contributed by atoms with Gasteiger partial charge >= 0.3 is 6.09 Å². The number of nitrogens with two attached hydrogens (primary N) is 1. The van der Waals surface area contributed by atoms with Gasteiger partial charge in [-0.15, -0.1) is 0 Å². The highest BCUT2D eigenvalue weighted by Gasteiger charge is 2.28.